The standard InChI is InChI=1S/C21H12Cl2N2O2/c1-24-19-15-7-5-12(17-4-2-3-9-25-17)10-18(15)27-21(19)20(26)14-8-6-13(22)11-16(14)23/h2-11H,1H2. The fourth-order valence-corrected chi connectivity index (χ4v) is 3.38. The Bertz CT molecular complexity index is 1180. The predicted molar refractivity (Wildman–Crippen MR) is 109 cm³/mol. The minimum atomic E-state index is -0.380. The summed E-state index contributed by atoms with van der Waals surface area (Å²) in [6.07, 6.45) is 1.72. The van der Waals surface area contributed by atoms with Gasteiger partial charge in [0.25, 0.3) is 0 Å². The number of nitrogens with zero attached hydrogens (tertiary/aromatic N) is 2. The van der Waals surface area contributed by atoms with Crippen LogP contribution in [-0.2, 0) is 0 Å². The highest BCUT2D eigenvalue weighted by Crippen LogP contribution is 2.37. The van der Waals surface area contributed by atoms with Gasteiger partial charge in [-0.1, -0.05) is 35.3 Å². The molecule has 4 rings (SSSR count). The molecule has 0 radical (unpaired) electrons. The highest BCUT2D eigenvalue weighted by atomic mass is 35.5. The van der Waals surface area contributed by atoms with E-state index in [0.29, 0.717) is 21.7 Å². The number of fused-ring (bicyclic) bond motifs is 1. The first-order valence-corrected chi connectivity index (χ1v) is 8.78. The minimum absolute atomic E-state index is 0.0855. The molecule has 2 aromatic heterocycles. The van der Waals surface area contributed by atoms with Gasteiger partial charge in [-0.05, 0) is 49.2 Å². The Morgan fingerprint density at radius 3 is 2.63 bits per heavy atom. The Morgan fingerprint density at radius 1 is 1.07 bits per heavy atom. The summed E-state index contributed by atoms with van der Waals surface area (Å²) in [6.45, 7) is 3.58. The van der Waals surface area contributed by atoms with Gasteiger partial charge in [0.1, 0.15) is 11.3 Å². The molecule has 0 N–H and O–H groups in total. The third-order valence-electron chi connectivity index (χ3n) is 4.16. The van der Waals surface area contributed by atoms with Crippen LogP contribution in [0.4, 0.5) is 5.69 Å². The molecule has 6 heteroatoms. The average Bonchev–Trinajstić information content (AvgIpc) is 3.06. The second-order valence-electron chi connectivity index (χ2n) is 5.82. The van der Waals surface area contributed by atoms with Gasteiger partial charge in [0.05, 0.1) is 10.7 Å². The van der Waals surface area contributed by atoms with E-state index in [9.17, 15) is 4.79 Å². The van der Waals surface area contributed by atoms with Crippen molar-refractivity contribution in [3.05, 3.63) is 82.2 Å². The number of pyridine rings is 1. The summed E-state index contributed by atoms with van der Waals surface area (Å²) in [6, 6.07) is 15.9. The third-order valence-corrected chi connectivity index (χ3v) is 4.71. The summed E-state index contributed by atoms with van der Waals surface area (Å²) in [5, 5.41) is 1.39. The minimum Gasteiger partial charge on any atom is -0.450 e. The summed E-state index contributed by atoms with van der Waals surface area (Å²) in [4.78, 5) is 21.3. The van der Waals surface area contributed by atoms with E-state index in [0.717, 1.165) is 11.3 Å². The van der Waals surface area contributed by atoms with Crippen molar-refractivity contribution >= 4 is 52.4 Å². The van der Waals surface area contributed by atoms with Crippen LogP contribution in [0.15, 0.2) is 70.2 Å². The van der Waals surface area contributed by atoms with Crippen molar-refractivity contribution in [2.75, 3.05) is 0 Å². The number of ketones is 1. The highest BCUT2D eigenvalue weighted by molar-refractivity contribution is 6.37. The fourth-order valence-electron chi connectivity index (χ4n) is 2.88. The van der Waals surface area contributed by atoms with Gasteiger partial charge in [-0.3, -0.25) is 14.8 Å². The molecule has 0 aliphatic heterocycles. The third kappa shape index (κ3) is 3.14. The van der Waals surface area contributed by atoms with Gasteiger partial charge in [-0.25, -0.2) is 0 Å². The second-order valence-corrected chi connectivity index (χ2v) is 6.66. The number of aliphatic imine (C=N–C) groups is 1. The normalized spacial score (nSPS) is 10.9. The lowest BCUT2D eigenvalue weighted by Gasteiger charge is -2.02. The summed E-state index contributed by atoms with van der Waals surface area (Å²) in [5.41, 5.74) is 2.87. The zero-order valence-corrected chi connectivity index (χ0v) is 15.5. The zero-order chi connectivity index (χ0) is 19.0. The lowest BCUT2D eigenvalue weighted by atomic mass is 10.1. The average molecular weight is 395 g/mol. The van der Waals surface area contributed by atoms with Crippen LogP contribution in [0.2, 0.25) is 10.0 Å². The number of carbonyl (C=O) groups excluding carboxylic acids is 1. The molecule has 0 aliphatic carbocycles. The number of carbonyl (C=O) groups is 1. The van der Waals surface area contributed by atoms with Crippen LogP contribution in [0.25, 0.3) is 22.2 Å². The van der Waals surface area contributed by atoms with E-state index < -0.39 is 0 Å². The van der Waals surface area contributed by atoms with Crippen molar-refractivity contribution in [1.82, 2.24) is 4.98 Å². The molecule has 0 saturated carbocycles. The van der Waals surface area contributed by atoms with Crippen molar-refractivity contribution in [2.45, 2.75) is 0 Å². The lowest BCUT2D eigenvalue weighted by Crippen LogP contribution is -2.00. The molecule has 0 saturated heterocycles. The lowest BCUT2D eigenvalue weighted by molar-refractivity contribution is 0.101. The van der Waals surface area contributed by atoms with Gasteiger partial charge in [-0.15, -0.1) is 0 Å². The first kappa shape index (κ1) is 17.5. The maximum atomic E-state index is 13.0. The maximum absolute atomic E-state index is 13.0. The van der Waals surface area contributed by atoms with Gasteiger partial charge in [0, 0.05) is 27.7 Å². The molecule has 0 atom stereocenters. The molecule has 27 heavy (non-hydrogen) atoms. The van der Waals surface area contributed by atoms with E-state index in [2.05, 4.69) is 16.7 Å². The number of hydrogen-bond acceptors (Lipinski definition) is 4. The molecule has 0 bridgehead atoms. The van der Waals surface area contributed by atoms with Crippen LogP contribution in [0.5, 0.6) is 0 Å². The van der Waals surface area contributed by atoms with E-state index in [-0.39, 0.29) is 22.1 Å². The van der Waals surface area contributed by atoms with Crippen molar-refractivity contribution in [1.29, 1.82) is 0 Å². The van der Waals surface area contributed by atoms with E-state index in [1.165, 1.54) is 6.07 Å². The molecule has 4 aromatic rings. The summed E-state index contributed by atoms with van der Waals surface area (Å²) in [5.74, 6) is -0.294. The van der Waals surface area contributed by atoms with Gasteiger partial charge in [0.15, 0.2) is 0 Å². The Balaban J connectivity index is 1.85. The molecule has 4 nitrogen and oxygen atoms in total. The fraction of sp³-hybridized carbons (Fsp3) is 0. The molecule has 0 spiro atoms. The quantitative estimate of drug-likeness (QED) is 0.298. The molecule has 2 aromatic carbocycles. The summed E-state index contributed by atoms with van der Waals surface area (Å²) < 4.78 is 5.85. The Labute approximate surface area is 165 Å². The van der Waals surface area contributed by atoms with E-state index in [1.807, 2.05) is 36.4 Å². The molecule has 0 unspecified atom stereocenters. The topological polar surface area (TPSA) is 55.5 Å². The largest absolute Gasteiger partial charge is 0.450 e. The van der Waals surface area contributed by atoms with Crippen LogP contribution in [0.3, 0.4) is 0 Å². The van der Waals surface area contributed by atoms with Gasteiger partial charge < -0.3 is 4.42 Å². The maximum Gasteiger partial charge on any atom is 0.231 e. The van der Waals surface area contributed by atoms with Crippen molar-refractivity contribution < 1.29 is 9.21 Å². The first-order valence-electron chi connectivity index (χ1n) is 8.03. The molecule has 0 amide bonds. The van der Waals surface area contributed by atoms with Crippen LogP contribution in [0.1, 0.15) is 16.1 Å². The second kappa shape index (κ2) is 6.99. The van der Waals surface area contributed by atoms with Crippen LogP contribution >= 0.6 is 23.2 Å². The highest BCUT2D eigenvalue weighted by Gasteiger charge is 2.23. The number of benzene rings is 2. The van der Waals surface area contributed by atoms with Crippen molar-refractivity contribution in [3.63, 3.8) is 0 Å². The van der Waals surface area contributed by atoms with Crippen molar-refractivity contribution in [2.24, 2.45) is 4.99 Å². The van der Waals surface area contributed by atoms with Crippen LogP contribution in [0, 0.1) is 0 Å². The summed E-state index contributed by atoms with van der Waals surface area (Å²) >= 11 is 12.1. The van der Waals surface area contributed by atoms with Gasteiger partial charge in [0.2, 0.25) is 11.5 Å². The number of hydrogen-bond donors (Lipinski definition) is 0. The van der Waals surface area contributed by atoms with E-state index >= 15 is 0 Å². The molecule has 0 aliphatic rings. The Hall–Kier alpha value is -2.95. The van der Waals surface area contributed by atoms with Crippen LogP contribution in [-0.4, -0.2) is 17.5 Å². The molecule has 2 heterocycles. The Morgan fingerprint density at radius 2 is 1.93 bits per heavy atom. The number of aromatic nitrogens is 1. The van der Waals surface area contributed by atoms with Gasteiger partial charge >= 0.3 is 0 Å². The number of furan rings is 1. The van der Waals surface area contributed by atoms with Crippen LogP contribution < -0.4 is 0 Å². The Kier molecular flexibility index (Phi) is 4.52. The molecular weight excluding hydrogens is 383 g/mol. The molecular formula is C21H12Cl2N2O2. The molecule has 132 valence electrons. The van der Waals surface area contributed by atoms with E-state index in [4.69, 9.17) is 27.6 Å². The van der Waals surface area contributed by atoms with E-state index in [1.54, 1.807) is 18.3 Å². The van der Waals surface area contributed by atoms with Gasteiger partial charge in [-0.2, -0.15) is 0 Å². The molecule has 0 fully saturated rings. The van der Waals surface area contributed by atoms with Crippen molar-refractivity contribution in [3.8, 4) is 11.3 Å². The number of halogens is 2. The smallest absolute Gasteiger partial charge is 0.231 e. The first-order chi connectivity index (χ1) is 13.1. The summed E-state index contributed by atoms with van der Waals surface area (Å²) in [7, 11) is 0. The zero-order valence-electron chi connectivity index (χ0n) is 13.9. The SMILES string of the molecule is C=Nc1c(C(=O)c2ccc(Cl)cc2Cl)oc2cc(-c3ccccn3)ccc12. The number of rotatable bonds is 4. The monoisotopic (exact) mass is 394 g/mol. The predicted octanol–water partition coefficient (Wildman–Crippen LogP) is 6.36.